The highest BCUT2D eigenvalue weighted by Crippen LogP contribution is 2.39. The van der Waals surface area contributed by atoms with Crippen LogP contribution in [0, 0.1) is 0 Å². The zero-order chi connectivity index (χ0) is 10.7. The van der Waals surface area contributed by atoms with Gasteiger partial charge in [0.15, 0.2) is 0 Å². The number of hydrogen-bond donors (Lipinski definition) is 1. The topological polar surface area (TPSA) is 48.1 Å². The Morgan fingerprint density at radius 1 is 1.33 bits per heavy atom. The molecule has 0 saturated heterocycles. The second-order valence-electron chi connectivity index (χ2n) is 4.15. The predicted octanol–water partition coefficient (Wildman–Crippen LogP) is 2.72. The van der Waals surface area contributed by atoms with Crippen LogP contribution in [0.3, 0.4) is 0 Å². The van der Waals surface area contributed by atoms with E-state index in [1.165, 1.54) is 32.1 Å². The molecule has 82 valence electrons. The monoisotopic (exact) mass is 206 g/mol. The molecule has 0 aliphatic heterocycles. The fourth-order valence-corrected chi connectivity index (χ4v) is 2.45. The van der Waals surface area contributed by atoms with Gasteiger partial charge in [-0.1, -0.05) is 19.3 Å². The highest BCUT2D eigenvalue weighted by atomic mass is 16.5. The fourth-order valence-electron chi connectivity index (χ4n) is 2.45. The van der Waals surface area contributed by atoms with Crippen LogP contribution >= 0.6 is 0 Å². The summed E-state index contributed by atoms with van der Waals surface area (Å²) in [6.45, 7) is 0. The minimum atomic E-state index is 0.544. The van der Waals surface area contributed by atoms with Gasteiger partial charge in [0.2, 0.25) is 0 Å². The van der Waals surface area contributed by atoms with Crippen LogP contribution in [0.5, 0.6) is 5.75 Å². The molecule has 1 heterocycles. The van der Waals surface area contributed by atoms with Crippen LogP contribution < -0.4 is 10.5 Å². The lowest BCUT2D eigenvalue weighted by Crippen LogP contribution is -2.10. The van der Waals surface area contributed by atoms with Crippen LogP contribution in [-0.2, 0) is 0 Å². The number of rotatable bonds is 2. The number of hydrogen-bond acceptors (Lipinski definition) is 3. The van der Waals surface area contributed by atoms with E-state index in [-0.39, 0.29) is 0 Å². The number of pyridine rings is 1. The van der Waals surface area contributed by atoms with Gasteiger partial charge in [0.05, 0.1) is 7.11 Å². The molecule has 1 aromatic heterocycles. The Morgan fingerprint density at radius 3 is 2.73 bits per heavy atom. The summed E-state index contributed by atoms with van der Waals surface area (Å²) in [5.41, 5.74) is 7.06. The summed E-state index contributed by atoms with van der Waals surface area (Å²) >= 11 is 0. The first-order valence-corrected chi connectivity index (χ1v) is 5.61. The van der Waals surface area contributed by atoms with Gasteiger partial charge < -0.3 is 10.5 Å². The molecule has 1 aliphatic carbocycles. The lowest BCUT2D eigenvalue weighted by atomic mass is 9.84. The molecular formula is C12H18N2O. The molecule has 3 heteroatoms. The van der Waals surface area contributed by atoms with Crippen molar-refractivity contribution in [2.24, 2.45) is 0 Å². The lowest BCUT2D eigenvalue weighted by Gasteiger charge is -2.24. The fraction of sp³-hybridized carbons (Fsp3) is 0.583. The van der Waals surface area contributed by atoms with Gasteiger partial charge in [0, 0.05) is 11.8 Å². The molecule has 0 bridgehead atoms. The van der Waals surface area contributed by atoms with Gasteiger partial charge in [-0.15, -0.1) is 0 Å². The average Bonchev–Trinajstić information content (AvgIpc) is 2.29. The Bertz CT molecular complexity index is 332. The number of nitrogens with zero attached hydrogens (tertiary/aromatic N) is 1. The molecule has 2 rings (SSSR count). The first kappa shape index (κ1) is 10.3. The predicted molar refractivity (Wildman–Crippen MR) is 61.0 cm³/mol. The van der Waals surface area contributed by atoms with Gasteiger partial charge in [0.1, 0.15) is 11.6 Å². The van der Waals surface area contributed by atoms with Crippen LogP contribution in [0.15, 0.2) is 12.3 Å². The molecule has 0 atom stereocenters. The molecule has 1 fully saturated rings. The maximum Gasteiger partial charge on any atom is 0.130 e. The molecule has 2 N–H and O–H groups in total. The van der Waals surface area contributed by atoms with Gasteiger partial charge in [0.25, 0.3) is 0 Å². The van der Waals surface area contributed by atoms with E-state index in [0.29, 0.717) is 11.7 Å². The summed E-state index contributed by atoms with van der Waals surface area (Å²) in [4.78, 5) is 4.16. The van der Waals surface area contributed by atoms with Crippen LogP contribution in [0.25, 0.3) is 0 Å². The second kappa shape index (κ2) is 4.51. The van der Waals surface area contributed by atoms with E-state index in [2.05, 4.69) is 4.98 Å². The summed E-state index contributed by atoms with van der Waals surface area (Å²) in [6, 6.07) is 1.90. The van der Waals surface area contributed by atoms with E-state index in [4.69, 9.17) is 10.5 Å². The van der Waals surface area contributed by atoms with E-state index in [1.807, 2.05) is 6.07 Å². The maximum absolute atomic E-state index is 5.94. The van der Waals surface area contributed by atoms with Crippen molar-refractivity contribution in [2.75, 3.05) is 12.8 Å². The van der Waals surface area contributed by atoms with E-state index < -0.39 is 0 Å². The van der Waals surface area contributed by atoms with Gasteiger partial charge in [-0.25, -0.2) is 4.98 Å². The van der Waals surface area contributed by atoms with Crippen molar-refractivity contribution in [2.45, 2.75) is 38.0 Å². The summed E-state index contributed by atoms with van der Waals surface area (Å²) in [7, 11) is 1.70. The summed E-state index contributed by atoms with van der Waals surface area (Å²) < 4.78 is 5.36. The van der Waals surface area contributed by atoms with Crippen LogP contribution in [0.2, 0.25) is 0 Å². The van der Waals surface area contributed by atoms with Crippen LogP contribution in [0.4, 0.5) is 5.82 Å². The zero-order valence-electron chi connectivity index (χ0n) is 9.20. The standard InChI is InChI=1S/C12H18N2O/c1-15-10-7-8-14-12(13)11(10)9-5-3-2-4-6-9/h7-9H,2-6H2,1H3,(H2,13,14). The van der Waals surface area contributed by atoms with E-state index in [9.17, 15) is 0 Å². The molecule has 15 heavy (non-hydrogen) atoms. The highest BCUT2D eigenvalue weighted by Gasteiger charge is 2.21. The molecule has 0 aromatic carbocycles. The van der Waals surface area contributed by atoms with E-state index in [0.717, 1.165) is 11.3 Å². The number of nitrogen functional groups attached to an aromatic ring is 1. The molecule has 0 amide bonds. The lowest BCUT2D eigenvalue weighted by molar-refractivity contribution is 0.387. The number of anilines is 1. The van der Waals surface area contributed by atoms with Crippen molar-refractivity contribution in [3.8, 4) is 5.75 Å². The Balaban J connectivity index is 2.31. The number of nitrogens with two attached hydrogens (primary N) is 1. The average molecular weight is 206 g/mol. The van der Waals surface area contributed by atoms with Gasteiger partial charge in [-0.05, 0) is 24.8 Å². The third-order valence-corrected chi connectivity index (χ3v) is 3.21. The number of aromatic nitrogens is 1. The second-order valence-corrected chi connectivity index (χ2v) is 4.15. The molecule has 0 radical (unpaired) electrons. The number of methoxy groups -OCH3 is 1. The molecule has 0 unspecified atom stereocenters. The first-order chi connectivity index (χ1) is 7.33. The van der Waals surface area contributed by atoms with E-state index in [1.54, 1.807) is 13.3 Å². The number of ether oxygens (including phenoxy) is 1. The molecule has 0 spiro atoms. The van der Waals surface area contributed by atoms with Crippen molar-refractivity contribution < 1.29 is 4.74 Å². The summed E-state index contributed by atoms with van der Waals surface area (Å²) in [5, 5.41) is 0. The third-order valence-electron chi connectivity index (χ3n) is 3.21. The van der Waals surface area contributed by atoms with Crippen molar-refractivity contribution in [1.29, 1.82) is 0 Å². The zero-order valence-corrected chi connectivity index (χ0v) is 9.20. The molecular weight excluding hydrogens is 188 g/mol. The highest BCUT2D eigenvalue weighted by molar-refractivity contribution is 5.50. The SMILES string of the molecule is COc1ccnc(N)c1C1CCCCC1. The third kappa shape index (κ3) is 2.06. The largest absolute Gasteiger partial charge is 0.496 e. The Morgan fingerprint density at radius 2 is 2.07 bits per heavy atom. The Labute approximate surface area is 90.7 Å². The van der Waals surface area contributed by atoms with Gasteiger partial charge >= 0.3 is 0 Å². The summed E-state index contributed by atoms with van der Waals surface area (Å²) in [6.07, 6.45) is 8.07. The quantitative estimate of drug-likeness (QED) is 0.809. The summed E-state index contributed by atoms with van der Waals surface area (Å²) in [5.74, 6) is 2.08. The van der Waals surface area contributed by atoms with Crippen LogP contribution in [-0.4, -0.2) is 12.1 Å². The van der Waals surface area contributed by atoms with Crippen molar-refractivity contribution >= 4 is 5.82 Å². The molecule has 1 aromatic rings. The maximum atomic E-state index is 5.94. The Kier molecular flexibility index (Phi) is 3.09. The van der Waals surface area contributed by atoms with Crippen molar-refractivity contribution in [3.05, 3.63) is 17.8 Å². The van der Waals surface area contributed by atoms with Gasteiger partial charge in [-0.2, -0.15) is 0 Å². The smallest absolute Gasteiger partial charge is 0.130 e. The molecule has 1 saturated carbocycles. The van der Waals surface area contributed by atoms with E-state index >= 15 is 0 Å². The molecule has 3 nitrogen and oxygen atoms in total. The first-order valence-electron chi connectivity index (χ1n) is 5.61. The minimum Gasteiger partial charge on any atom is -0.496 e. The molecule has 1 aliphatic rings. The van der Waals surface area contributed by atoms with Crippen LogP contribution in [0.1, 0.15) is 43.6 Å². The normalized spacial score (nSPS) is 17.7. The van der Waals surface area contributed by atoms with Crippen molar-refractivity contribution in [3.63, 3.8) is 0 Å². The van der Waals surface area contributed by atoms with Crippen molar-refractivity contribution in [1.82, 2.24) is 4.98 Å². The minimum absolute atomic E-state index is 0.544. The van der Waals surface area contributed by atoms with Gasteiger partial charge in [-0.3, -0.25) is 0 Å². The Hall–Kier alpha value is -1.25.